The second-order valence-electron chi connectivity index (χ2n) is 3.81. The molecule has 6 nitrogen and oxygen atoms in total. The lowest BCUT2D eigenvalue weighted by Gasteiger charge is -2.11. The zero-order chi connectivity index (χ0) is 13.9. The standard InChI is InChI=1S/C11H13NO5S/c1-5-3-8(18-6(5)2)10(15)12-7(11(16)17)4-9(13)14/h3,7H,4H2,1-2H3,(H,12,15)(H,13,14)(H,16,17). The Morgan fingerprint density at radius 2 is 1.94 bits per heavy atom. The van der Waals surface area contributed by atoms with Crippen molar-refractivity contribution in [1.29, 1.82) is 0 Å². The third kappa shape index (κ3) is 3.56. The first-order chi connectivity index (χ1) is 8.31. The third-order valence-electron chi connectivity index (χ3n) is 2.37. The summed E-state index contributed by atoms with van der Waals surface area (Å²) in [5, 5.41) is 19.6. The molecular weight excluding hydrogens is 258 g/mol. The van der Waals surface area contributed by atoms with Crippen LogP contribution < -0.4 is 5.32 Å². The van der Waals surface area contributed by atoms with Crippen LogP contribution in [0.5, 0.6) is 0 Å². The highest BCUT2D eigenvalue weighted by Gasteiger charge is 2.24. The molecule has 1 heterocycles. The van der Waals surface area contributed by atoms with Crippen LogP contribution in [0, 0.1) is 13.8 Å². The molecule has 0 spiro atoms. The minimum absolute atomic E-state index is 0.377. The van der Waals surface area contributed by atoms with Gasteiger partial charge < -0.3 is 15.5 Å². The van der Waals surface area contributed by atoms with Crippen LogP contribution in [0.2, 0.25) is 0 Å². The van der Waals surface area contributed by atoms with E-state index < -0.39 is 30.3 Å². The average Bonchev–Trinajstić information content (AvgIpc) is 2.57. The predicted molar refractivity (Wildman–Crippen MR) is 64.9 cm³/mol. The number of hydrogen-bond acceptors (Lipinski definition) is 4. The fraction of sp³-hybridized carbons (Fsp3) is 0.364. The summed E-state index contributed by atoms with van der Waals surface area (Å²) in [4.78, 5) is 34.4. The monoisotopic (exact) mass is 271 g/mol. The molecule has 1 rings (SSSR count). The number of carboxylic acids is 2. The molecule has 3 N–H and O–H groups in total. The van der Waals surface area contributed by atoms with Gasteiger partial charge in [-0.3, -0.25) is 9.59 Å². The van der Waals surface area contributed by atoms with Crippen LogP contribution in [0.1, 0.15) is 26.5 Å². The highest BCUT2D eigenvalue weighted by atomic mass is 32.1. The van der Waals surface area contributed by atoms with Crippen LogP contribution in [0.3, 0.4) is 0 Å². The summed E-state index contributed by atoms with van der Waals surface area (Å²) >= 11 is 1.24. The van der Waals surface area contributed by atoms with Crippen LogP contribution in [-0.4, -0.2) is 34.1 Å². The van der Waals surface area contributed by atoms with Gasteiger partial charge in [0.2, 0.25) is 0 Å². The summed E-state index contributed by atoms with van der Waals surface area (Å²) in [6.07, 6.45) is -0.648. The molecule has 1 aromatic heterocycles. The topological polar surface area (TPSA) is 104 Å². The zero-order valence-corrected chi connectivity index (χ0v) is 10.7. The Kier molecular flexibility index (Phi) is 4.43. The average molecular weight is 271 g/mol. The smallest absolute Gasteiger partial charge is 0.326 e. The van der Waals surface area contributed by atoms with E-state index in [0.717, 1.165) is 10.4 Å². The van der Waals surface area contributed by atoms with Crippen molar-refractivity contribution in [3.05, 3.63) is 21.4 Å². The molecule has 98 valence electrons. The summed E-state index contributed by atoms with van der Waals surface area (Å²) in [6.45, 7) is 3.69. The fourth-order valence-electron chi connectivity index (χ4n) is 1.29. The molecule has 1 amide bonds. The lowest BCUT2D eigenvalue weighted by Crippen LogP contribution is -2.41. The Morgan fingerprint density at radius 1 is 1.33 bits per heavy atom. The van der Waals surface area contributed by atoms with E-state index in [1.807, 2.05) is 13.8 Å². The molecule has 7 heteroatoms. The minimum atomic E-state index is -1.42. The number of nitrogens with one attached hydrogen (secondary N) is 1. The molecule has 0 radical (unpaired) electrons. The normalized spacial score (nSPS) is 11.9. The van der Waals surface area contributed by atoms with Crippen molar-refractivity contribution in [2.24, 2.45) is 0 Å². The van der Waals surface area contributed by atoms with Gasteiger partial charge >= 0.3 is 11.9 Å². The molecule has 1 unspecified atom stereocenters. The van der Waals surface area contributed by atoms with Crippen LogP contribution in [0.15, 0.2) is 6.07 Å². The highest BCUT2D eigenvalue weighted by molar-refractivity contribution is 7.14. The number of carbonyl (C=O) groups is 3. The van der Waals surface area contributed by atoms with E-state index in [1.54, 1.807) is 6.07 Å². The quantitative estimate of drug-likeness (QED) is 0.741. The van der Waals surface area contributed by atoms with Crippen LogP contribution in [-0.2, 0) is 9.59 Å². The Balaban J connectivity index is 2.78. The maximum atomic E-state index is 11.7. The van der Waals surface area contributed by atoms with Crippen LogP contribution in [0.4, 0.5) is 0 Å². The molecule has 0 saturated carbocycles. The highest BCUT2D eigenvalue weighted by Crippen LogP contribution is 2.20. The van der Waals surface area contributed by atoms with Crippen molar-refractivity contribution >= 4 is 29.2 Å². The van der Waals surface area contributed by atoms with Crippen molar-refractivity contribution in [3.8, 4) is 0 Å². The van der Waals surface area contributed by atoms with Gasteiger partial charge in [0.25, 0.3) is 5.91 Å². The molecule has 0 aliphatic heterocycles. The van der Waals surface area contributed by atoms with Crippen LogP contribution in [0.25, 0.3) is 0 Å². The maximum absolute atomic E-state index is 11.7. The van der Waals surface area contributed by atoms with Crippen molar-refractivity contribution in [2.45, 2.75) is 26.3 Å². The Morgan fingerprint density at radius 3 is 2.33 bits per heavy atom. The number of carboxylic acid groups (broad SMARTS) is 2. The molecule has 18 heavy (non-hydrogen) atoms. The van der Waals surface area contributed by atoms with Crippen molar-refractivity contribution in [2.75, 3.05) is 0 Å². The predicted octanol–water partition coefficient (Wildman–Crippen LogP) is 1.02. The number of amides is 1. The molecule has 0 aromatic carbocycles. The first-order valence-corrected chi connectivity index (χ1v) is 5.95. The van der Waals surface area contributed by atoms with E-state index in [2.05, 4.69) is 5.32 Å². The molecule has 0 aliphatic rings. The number of aryl methyl sites for hydroxylation is 2. The van der Waals surface area contributed by atoms with Gasteiger partial charge in [-0.15, -0.1) is 11.3 Å². The van der Waals surface area contributed by atoms with Gasteiger partial charge in [0, 0.05) is 4.88 Å². The SMILES string of the molecule is Cc1cc(C(=O)NC(CC(=O)O)C(=O)O)sc1C. The summed E-state index contributed by atoms with van der Waals surface area (Å²) < 4.78 is 0. The largest absolute Gasteiger partial charge is 0.481 e. The minimum Gasteiger partial charge on any atom is -0.481 e. The number of carbonyl (C=O) groups excluding carboxylic acids is 1. The van der Waals surface area contributed by atoms with Crippen molar-refractivity contribution in [1.82, 2.24) is 5.32 Å². The van der Waals surface area contributed by atoms with Crippen LogP contribution >= 0.6 is 11.3 Å². The van der Waals surface area contributed by atoms with Gasteiger partial charge in [-0.1, -0.05) is 0 Å². The van der Waals surface area contributed by atoms with Gasteiger partial charge in [-0.2, -0.15) is 0 Å². The summed E-state index contributed by atoms with van der Waals surface area (Å²) in [5.74, 6) is -3.21. The lowest BCUT2D eigenvalue weighted by molar-refractivity contribution is -0.145. The Bertz CT molecular complexity index is 474. The maximum Gasteiger partial charge on any atom is 0.326 e. The molecule has 1 aromatic rings. The second kappa shape index (κ2) is 5.63. The van der Waals surface area contributed by atoms with Gasteiger partial charge in [0.05, 0.1) is 11.3 Å². The van der Waals surface area contributed by atoms with E-state index >= 15 is 0 Å². The van der Waals surface area contributed by atoms with Crippen molar-refractivity contribution in [3.63, 3.8) is 0 Å². The number of rotatable bonds is 5. The van der Waals surface area contributed by atoms with Crippen molar-refractivity contribution < 1.29 is 24.6 Å². The fourth-order valence-corrected chi connectivity index (χ4v) is 2.23. The third-order valence-corrected chi connectivity index (χ3v) is 3.52. The summed E-state index contributed by atoms with van der Waals surface area (Å²) in [5.41, 5.74) is 0.940. The molecule has 0 aliphatic carbocycles. The number of aliphatic carboxylic acids is 2. The number of thiophene rings is 1. The molecular formula is C11H13NO5S. The van der Waals surface area contributed by atoms with Gasteiger partial charge in [-0.05, 0) is 25.5 Å². The van der Waals surface area contributed by atoms with E-state index in [1.165, 1.54) is 11.3 Å². The molecule has 0 bridgehead atoms. The Hall–Kier alpha value is -1.89. The van der Waals surface area contributed by atoms with E-state index in [0.29, 0.717) is 4.88 Å². The van der Waals surface area contributed by atoms with Gasteiger partial charge in [-0.25, -0.2) is 4.79 Å². The van der Waals surface area contributed by atoms with E-state index in [9.17, 15) is 14.4 Å². The molecule has 1 atom stereocenters. The Labute approximate surface area is 107 Å². The van der Waals surface area contributed by atoms with E-state index in [4.69, 9.17) is 10.2 Å². The first-order valence-electron chi connectivity index (χ1n) is 5.13. The second-order valence-corrected chi connectivity index (χ2v) is 5.07. The zero-order valence-electron chi connectivity index (χ0n) is 9.89. The van der Waals surface area contributed by atoms with Gasteiger partial charge in [0.1, 0.15) is 6.04 Å². The molecule has 0 fully saturated rings. The molecule has 0 saturated heterocycles. The lowest BCUT2D eigenvalue weighted by atomic mass is 10.2. The summed E-state index contributed by atoms with van der Waals surface area (Å²) in [6, 6.07) is 0.229. The summed E-state index contributed by atoms with van der Waals surface area (Å²) in [7, 11) is 0. The van der Waals surface area contributed by atoms with Gasteiger partial charge in [0.15, 0.2) is 0 Å². The number of hydrogen-bond donors (Lipinski definition) is 3. The van der Waals surface area contributed by atoms with E-state index in [-0.39, 0.29) is 0 Å². The first kappa shape index (κ1) is 14.2.